The standard InChI is InChI=1S/C30H43N3O4S/c1-2-3-19-33(30(34)22-24-7-5-4-6-8-24)26-17-20-32(21-18-26)23-25-9-11-27(12-10-25)37-28-13-15-29(16-14-28)38(31,35)36/h9-16,24,26H,2-8,17-23H2,1H3,(H2,31,35,36). The molecule has 0 unspecified atom stereocenters. The molecule has 1 heterocycles. The van der Waals surface area contributed by atoms with E-state index in [1.54, 1.807) is 12.1 Å². The fourth-order valence-corrected chi connectivity index (χ4v) is 6.25. The zero-order valence-electron chi connectivity index (χ0n) is 22.7. The molecule has 2 aromatic rings. The molecular formula is C30H43N3O4S. The number of likely N-dealkylation sites (tertiary alicyclic amines) is 1. The molecule has 7 nitrogen and oxygen atoms in total. The number of sulfonamides is 1. The minimum absolute atomic E-state index is 0.0611. The third kappa shape index (κ3) is 8.29. The van der Waals surface area contributed by atoms with Crippen molar-refractivity contribution < 1.29 is 17.9 Å². The third-order valence-electron chi connectivity index (χ3n) is 7.98. The molecule has 1 saturated carbocycles. The van der Waals surface area contributed by atoms with Crippen LogP contribution in [0.5, 0.6) is 11.5 Å². The summed E-state index contributed by atoms with van der Waals surface area (Å²) in [4.78, 5) is 18.0. The zero-order valence-corrected chi connectivity index (χ0v) is 23.5. The van der Waals surface area contributed by atoms with Crippen LogP contribution in [0.15, 0.2) is 53.4 Å². The van der Waals surface area contributed by atoms with E-state index in [9.17, 15) is 13.2 Å². The number of benzene rings is 2. The van der Waals surface area contributed by atoms with Crippen molar-refractivity contribution >= 4 is 15.9 Å². The van der Waals surface area contributed by atoms with Gasteiger partial charge in [0.15, 0.2) is 0 Å². The van der Waals surface area contributed by atoms with Crippen LogP contribution in [0.2, 0.25) is 0 Å². The number of amides is 1. The van der Waals surface area contributed by atoms with Gasteiger partial charge in [-0.3, -0.25) is 9.69 Å². The Bertz CT molecular complexity index is 1120. The highest BCUT2D eigenvalue weighted by molar-refractivity contribution is 7.89. The number of nitrogens with two attached hydrogens (primary N) is 1. The van der Waals surface area contributed by atoms with Crippen molar-refractivity contribution in [3.63, 3.8) is 0 Å². The van der Waals surface area contributed by atoms with Gasteiger partial charge in [0, 0.05) is 38.6 Å². The minimum atomic E-state index is -3.72. The minimum Gasteiger partial charge on any atom is -0.457 e. The van der Waals surface area contributed by atoms with Crippen molar-refractivity contribution in [2.24, 2.45) is 11.1 Å². The van der Waals surface area contributed by atoms with Gasteiger partial charge in [-0.25, -0.2) is 13.6 Å². The summed E-state index contributed by atoms with van der Waals surface area (Å²) in [6.07, 6.45) is 11.4. The maximum Gasteiger partial charge on any atom is 0.238 e. The monoisotopic (exact) mass is 541 g/mol. The van der Waals surface area contributed by atoms with E-state index in [2.05, 4.69) is 28.9 Å². The largest absolute Gasteiger partial charge is 0.457 e. The van der Waals surface area contributed by atoms with E-state index in [1.165, 1.54) is 49.8 Å². The van der Waals surface area contributed by atoms with Gasteiger partial charge in [-0.2, -0.15) is 0 Å². The molecule has 8 heteroatoms. The fourth-order valence-electron chi connectivity index (χ4n) is 5.74. The number of piperidine rings is 1. The topological polar surface area (TPSA) is 92.9 Å². The van der Waals surface area contributed by atoms with Crippen LogP contribution < -0.4 is 9.88 Å². The average molecular weight is 542 g/mol. The summed E-state index contributed by atoms with van der Waals surface area (Å²) in [6, 6.07) is 14.5. The van der Waals surface area contributed by atoms with Gasteiger partial charge in [0.05, 0.1) is 4.90 Å². The van der Waals surface area contributed by atoms with Crippen LogP contribution in [0.3, 0.4) is 0 Å². The maximum absolute atomic E-state index is 13.3. The Balaban J connectivity index is 1.26. The molecule has 2 fully saturated rings. The number of ether oxygens (including phenoxy) is 1. The number of carbonyl (C=O) groups excluding carboxylic acids is 1. The second-order valence-electron chi connectivity index (χ2n) is 10.9. The highest BCUT2D eigenvalue weighted by atomic mass is 32.2. The Kier molecular flexibility index (Phi) is 10.2. The Labute approximate surface area is 228 Å². The molecule has 0 radical (unpaired) electrons. The summed E-state index contributed by atoms with van der Waals surface area (Å²) in [5, 5.41) is 5.15. The van der Waals surface area contributed by atoms with Gasteiger partial charge in [-0.15, -0.1) is 0 Å². The quantitative estimate of drug-likeness (QED) is 0.395. The van der Waals surface area contributed by atoms with Crippen LogP contribution in [-0.4, -0.2) is 49.8 Å². The lowest BCUT2D eigenvalue weighted by Gasteiger charge is -2.39. The molecule has 2 N–H and O–H groups in total. The number of hydrogen-bond donors (Lipinski definition) is 1. The summed E-state index contributed by atoms with van der Waals surface area (Å²) in [5.74, 6) is 2.23. The summed E-state index contributed by atoms with van der Waals surface area (Å²) in [5.41, 5.74) is 1.22. The van der Waals surface area contributed by atoms with E-state index in [1.807, 2.05) is 12.1 Å². The van der Waals surface area contributed by atoms with E-state index in [0.717, 1.165) is 58.3 Å². The van der Waals surface area contributed by atoms with Gasteiger partial charge in [0.25, 0.3) is 0 Å². The van der Waals surface area contributed by atoms with Crippen molar-refractivity contribution in [1.29, 1.82) is 0 Å². The van der Waals surface area contributed by atoms with E-state index < -0.39 is 10.0 Å². The number of carbonyl (C=O) groups is 1. The van der Waals surface area contributed by atoms with E-state index in [-0.39, 0.29) is 4.90 Å². The first-order valence-electron chi connectivity index (χ1n) is 14.2. The first-order valence-corrected chi connectivity index (χ1v) is 15.8. The smallest absolute Gasteiger partial charge is 0.238 e. The molecule has 1 aliphatic carbocycles. The van der Waals surface area contributed by atoms with Crippen molar-refractivity contribution in [3.05, 3.63) is 54.1 Å². The molecule has 2 aromatic carbocycles. The summed E-state index contributed by atoms with van der Waals surface area (Å²) < 4.78 is 28.7. The Hall–Kier alpha value is -2.42. The first-order chi connectivity index (χ1) is 18.3. The number of primary sulfonamides is 1. The van der Waals surface area contributed by atoms with Gasteiger partial charge in [0.1, 0.15) is 11.5 Å². The zero-order chi connectivity index (χ0) is 27.0. The van der Waals surface area contributed by atoms with Gasteiger partial charge in [0.2, 0.25) is 15.9 Å². The molecule has 1 amide bonds. The van der Waals surface area contributed by atoms with Crippen LogP contribution >= 0.6 is 0 Å². The van der Waals surface area contributed by atoms with Crippen molar-refractivity contribution in [2.45, 2.75) is 88.6 Å². The molecule has 0 spiro atoms. The van der Waals surface area contributed by atoms with Gasteiger partial charge in [-0.1, -0.05) is 44.7 Å². The van der Waals surface area contributed by atoms with E-state index in [0.29, 0.717) is 29.4 Å². The average Bonchev–Trinajstić information content (AvgIpc) is 2.91. The summed E-state index contributed by atoms with van der Waals surface area (Å²) in [7, 11) is -3.72. The molecule has 208 valence electrons. The third-order valence-corrected chi connectivity index (χ3v) is 8.91. The van der Waals surface area contributed by atoms with Gasteiger partial charge >= 0.3 is 0 Å². The van der Waals surface area contributed by atoms with Crippen LogP contribution in [0, 0.1) is 5.92 Å². The SMILES string of the molecule is CCCCN(C(=O)CC1CCCCC1)C1CCN(Cc2ccc(Oc3ccc(S(N)(=O)=O)cc3)cc2)CC1. The molecule has 1 saturated heterocycles. The molecule has 0 bridgehead atoms. The first kappa shape index (κ1) is 28.6. The van der Waals surface area contributed by atoms with Crippen LogP contribution in [0.25, 0.3) is 0 Å². The molecule has 0 atom stereocenters. The lowest BCUT2D eigenvalue weighted by atomic mass is 9.86. The molecule has 38 heavy (non-hydrogen) atoms. The number of unbranched alkanes of at least 4 members (excludes halogenated alkanes) is 1. The van der Waals surface area contributed by atoms with Crippen LogP contribution in [-0.2, 0) is 21.4 Å². The number of nitrogens with zero attached hydrogens (tertiary/aromatic N) is 2. The van der Waals surface area contributed by atoms with E-state index in [4.69, 9.17) is 9.88 Å². The second-order valence-corrected chi connectivity index (χ2v) is 12.5. The maximum atomic E-state index is 13.3. The predicted molar refractivity (Wildman–Crippen MR) is 150 cm³/mol. The highest BCUT2D eigenvalue weighted by Crippen LogP contribution is 2.29. The summed E-state index contributed by atoms with van der Waals surface area (Å²) >= 11 is 0. The van der Waals surface area contributed by atoms with Crippen molar-refractivity contribution in [1.82, 2.24) is 9.80 Å². The predicted octanol–water partition coefficient (Wildman–Crippen LogP) is 5.69. The summed E-state index contributed by atoms with van der Waals surface area (Å²) in [6.45, 7) is 5.98. The Morgan fingerprint density at radius 1 is 0.947 bits per heavy atom. The Morgan fingerprint density at radius 3 is 2.13 bits per heavy atom. The molecule has 0 aromatic heterocycles. The second kappa shape index (κ2) is 13.6. The lowest BCUT2D eigenvalue weighted by Crippen LogP contribution is -2.48. The molecule has 1 aliphatic heterocycles. The van der Waals surface area contributed by atoms with E-state index >= 15 is 0 Å². The van der Waals surface area contributed by atoms with Crippen LogP contribution in [0.4, 0.5) is 0 Å². The normalized spacial score (nSPS) is 17.8. The fraction of sp³-hybridized carbons (Fsp3) is 0.567. The molecule has 2 aliphatic rings. The van der Waals surface area contributed by atoms with Crippen LogP contribution in [0.1, 0.15) is 76.7 Å². The van der Waals surface area contributed by atoms with Gasteiger partial charge < -0.3 is 9.64 Å². The molecular weight excluding hydrogens is 498 g/mol. The van der Waals surface area contributed by atoms with Crippen molar-refractivity contribution in [2.75, 3.05) is 19.6 Å². The lowest BCUT2D eigenvalue weighted by molar-refractivity contribution is -0.136. The number of hydrogen-bond acceptors (Lipinski definition) is 5. The van der Waals surface area contributed by atoms with Crippen molar-refractivity contribution in [3.8, 4) is 11.5 Å². The van der Waals surface area contributed by atoms with Gasteiger partial charge in [-0.05, 0) is 80.0 Å². The highest BCUT2D eigenvalue weighted by Gasteiger charge is 2.29. The number of rotatable bonds is 11. The molecule has 4 rings (SSSR count). The Morgan fingerprint density at radius 2 is 1.55 bits per heavy atom.